The minimum atomic E-state index is 0.889. The molecule has 0 radical (unpaired) electrons. The third kappa shape index (κ3) is 3.32. The van der Waals surface area contributed by atoms with E-state index in [4.69, 9.17) is 9.72 Å². The van der Waals surface area contributed by atoms with E-state index in [2.05, 4.69) is 30.0 Å². The molecule has 1 saturated heterocycles. The van der Waals surface area contributed by atoms with Crippen LogP contribution in [-0.4, -0.2) is 42.7 Å². The van der Waals surface area contributed by atoms with E-state index in [1.54, 1.807) is 0 Å². The Kier molecular flexibility index (Phi) is 4.11. The summed E-state index contributed by atoms with van der Waals surface area (Å²) >= 11 is 1.84. The molecular weight excluding hydrogens is 256 g/mol. The molecule has 0 bridgehead atoms. The van der Waals surface area contributed by atoms with Crippen LogP contribution in [0.15, 0.2) is 18.2 Å². The van der Waals surface area contributed by atoms with Gasteiger partial charge in [0.25, 0.3) is 0 Å². The quantitative estimate of drug-likeness (QED) is 0.858. The van der Waals surface area contributed by atoms with Crippen molar-refractivity contribution in [2.75, 3.05) is 32.8 Å². The summed E-state index contributed by atoms with van der Waals surface area (Å²) in [5.41, 5.74) is 2.47. The van der Waals surface area contributed by atoms with E-state index in [0.29, 0.717) is 0 Å². The summed E-state index contributed by atoms with van der Waals surface area (Å²) in [5, 5.41) is 1.27. The molecule has 0 aliphatic carbocycles. The molecule has 2 heterocycles. The molecule has 1 fully saturated rings. The Morgan fingerprint density at radius 3 is 3.00 bits per heavy atom. The summed E-state index contributed by atoms with van der Waals surface area (Å²) in [4.78, 5) is 7.20. The van der Waals surface area contributed by atoms with Crippen LogP contribution in [0.1, 0.15) is 17.0 Å². The van der Waals surface area contributed by atoms with Crippen molar-refractivity contribution in [1.29, 1.82) is 0 Å². The van der Waals surface area contributed by atoms with Gasteiger partial charge in [-0.05, 0) is 37.6 Å². The van der Waals surface area contributed by atoms with Crippen molar-refractivity contribution in [3.63, 3.8) is 0 Å². The van der Waals surface area contributed by atoms with Gasteiger partial charge in [0, 0.05) is 19.5 Å². The zero-order chi connectivity index (χ0) is 13.1. The van der Waals surface area contributed by atoms with Crippen LogP contribution >= 0.6 is 11.3 Å². The lowest BCUT2D eigenvalue weighted by molar-refractivity contribution is 0.0375. The molecule has 1 aromatic carbocycles. The van der Waals surface area contributed by atoms with Crippen LogP contribution in [0.2, 0.25) is 0 Å². The van der Waals surface area contributed by atoms with Crippen LogP contribution in [0.3, 0.4) is 0 Å². The first kappa shape index (κ1) is 13.0. The first-order chi connectivity index (χ1) is 9.31. The second kappa shape index (κ2) is 5.99. The van der Waals surface area contributed by atoms with E-state index >= 15 is 0 Å². The number of nitrogens with zero attached hydrogens (tertiary/aromatic N) is 2. The molecule has 0 N–H and O–H groups in total. The van der Waals surface area contributed by atoms with Crippen molar-refractivity contribution >= 4 is 21.6 Å². The Balaban J connectivity index is 1.56. The summed E-state index contributed by atoms with van der Waals surface area (Å²) in [6.07, 6.45) is 2.29. The van der Waals surface area contributed by atoms with E-state index in [-0.39, 0.29) is 0 Å². The Labute approximate surface area is 118 Å². The highest BCUT2D eigenvalue weighted by molar-refractivity contribution is 7.18. The third-order valence-electron chi connectivity index (χ3n) is 3.56. The van der Waals surface area contributed by atoms with Crippen molar-refractivity contribution in [2.24, 2.45) is 0 Å². The molecule has 2 aromatic rings. The first-order valence-electron chi connectivity index (χ1n) is 6.97. The van der Waals surface area contributed by atoms with Crippen LogP contribution in [0.5, 0.6) is 0 Å². The van der Waals surface area contributed by atoms with Crippen molar-refractivity contribution in [1.82, 2.24) is 9.88 Å². The molecule has 102 valence electrons. The predicted octanol–water partition coefficient (Wildman–Crippen LogP) is 2.87. The van der Waals surface area contributed by atoms with E-state index in [1.807, 2.05) is 11.3 Å². The van der Waals surface area contributed by atoms with Crippen molar-refractivity contribution < 1.29 is 4.74 Å². The van der Waals surface area contributed by atoms with Gasteiger partial charge in [-0.3, -0.25) is 4.90 Å². The lowest BCUT2D eigenvalue weighted by atomic mass is 10.2. The standard InChI is InChI=1S/C15H20N2OS/c1-12-4-5-13-14(11-12)19-15(16-13)3-2-6-17-7-9-18-10-8-17/h4-5,11H,2-3,6-10H2,1H3. The molecule has 4 heteroatoms. The largest absolute Gasteiger partial charge is 0.379 e. The number of benzene rings is 1. The van der Waals surface area contributed by atoms with Crippen LogP contribution in [-0.2, 0) is 11.2 Å². The van der Waals surface area contributed by atoms with Crippen LogP contribution in [0.4, 0.5) is 0 Å². The summed E-state index contributed by atoms with van der Waals surface area (Å²) in [6, 6.07) is 6.50. The van der Waals surface area contributed by atoms with Crippen LogP contribution in [0.25, 0.3) is 10.2 Å². The van der Waals surface area contributed by atoms with Gasteiger partial charge in [0.1, 0.15) is 0 Å². The molecule has 0 amide bonds. The molecule has 19 heavy (non-hydrogen) atoms. The molecule has 0 spiro atoms. The fraction of sp³-hybridized carbons (Fsp3) is 0.533. The molecule has 1 aromatic heterocycles. The number of hydrogen-bond acceptors (Lipinski definition) is 4. The first-order valence-corrected chi connectivity index (χ1v) is 7.79. The summed E-state index contributed by atoms with van der Waals surface area (Å²) in [7, 11) is 0. The zero-order valence-electron chi connectivity index (χ0n) is 11.4. The van der Waals surface area contributed by atoms with Crippen molar-refractivity contribution in [2.45, 2.75) is 19.8 Å². The summed E-state index contributed by atoms with van der Waals surface area (Å²) in [6.45, 7) is 7.24. The highest BCUT2D eigenvalue weighted by Crippen LogP contribution is 2.24. The van der Waals surface area contributed by atoms with Crippen LogP contribution in [0, 0.1) is 6.92 Å². The number of hydrogen-bond donors (Lipinski definition) is 0. The van der Waals surface area contributed by atoms with E-state index < -0.39 is 0 Å². The number of rotatable bonds is 4. The van der Waals surface area contributed by atoms with Gasteiger partial charge in [0.05, 0.1) is 28.4 Å². The van der Waals surface area contributed by atoms with Gasteiger partial charge < -0.3 is 4.74 Å². The van der Waals surface area contributed by atoms with Gasteiger partial charge in [-0.2, -0.15) is 0 Å². The minimum Gasteiger partial charge on any atom is -0.379 e. The third-order valence-corrected chi connectivity index (χ3v) is 4.63. The maximum atomic E-state index is 5.36. The SMILES string of the molecule is Cc1ccc2nc(CCCN3CCOCC3)sc2c1. The lowest BCUT2D eigenvalue weighted by Gasteiger charge is -2.26. The Morgan fingerprint density at radius 2 is 2.16 bits per heavy atom. The fourth-order valence-electron chi connectivity index (χ4n) is 2.47. The monoisotopic (exact) mass is 276 g/mol. The van der Waals surface area contributed by atoms with E-state index in [1.165, 1.54) is 21.7 Å². The number of aryl methyl sites for hydroxylation is 2. The Bertz CT molecular complexity index is 546. The number of aromatic nitrogens is 1. The summed E-state index contributed by atoms with van der Waals surface area (Å²) in [5.74, 6) is 0. The van der Waals surface area contributed by atoms with Gasteiger partial charge >= 0.3 is 0 Å². The summed E-state index contributed by atoms with van der Waals surface area (Å²) < 4.78 is 6.68. The number of morpholine rings is 1. The lowest BCUT2D eigenvalue weighted by Crippen LogP contribution is -2.36. The number of fused-ring (bicyclic) bond motifs is 1. The average molecular weight is 276 g/mol. The second-order valence-electron chi connectivity index (χ2n) is 5.14. The van der Waals surface area contributed by atoms with Crippen molar-refractivity contribution in [3.8, 4) is 0 Å². The predicted molar refractivity (Wildman–Crippen MR) is 79.9 cm³/mol. The molecule has 1 aliphatic heterocycles. The highest BCUT2D eigenvalue weighted by Gasteiger charge is 2.10. The maximum Gasteiger partial charge on any atom is 0.0939 e. The minimum absolute atomic E-state index is 0.889. The van der Waals surface area contributed by atoms with E-state index in [0.717, 1.165) is 44.8 Å². The normalized spacial score (nSPS) is 17.1. The number of ether oxygens (including phenoxy) is 1. The fourth-order valence-corrected chi connectivity index (χ4v) is 3.57. The maximum absolute atomic E-state index is 5.36. The highest BCUT2D eigenvalue weighted by atomic mass is 32.1. The molecule has 3 nitrogen and oxygen atoms in total. The number of thiazole rings is 1. The van der Waals surface area contributed by atoms with Gasteiger partial charge in [-0.15, -0.1) is 11.3 Å². The smallest absolute Gasteiger partial charge is 0.0939 e. The van der Waals surface area contributed by atoms with Crippen LogP contribution < -0.4 is 0 Å². The van der Waals surface area contributed by atoms with Crippen molar-refractivity contribution in [3.05, 3.63) is 28.8 Å². The van der Waals surface area contributed by atoms with Gasteiger partial charge in [0.2, 0.25) is 0 Å². The Morgan fingerprint density at radius 1 is 1.32 bits per heavy atom. The molecule has 0 unspecified atom stereocenters. The molecule has 0 saturated carbocycles. The molecule has 3 rings (SSSR count). The van der Waals surface area contributed by atoms with Gasteiger partial charge in [-0.1, -0.05) is 6.07 Å². The zero-order valence-corrected chi connectivity index (χ0v) is 12.2. The molecular formula is C15H20N2OS. The second-order valence-corrected chi connectivity index (χ2v) is 6.25. The van der Waals surface area contributed by atoms with E-state index in [9.17, 15) is 0 Å². The average Bonchev–Trinajstić information content (AvgIpc) is 2.82. The molecule has 0 atom stereocenters. The Hall–Kier alpha value is -0.970. The van der Waals surface area contributed by atoms with Gasteiger partial charge in [0.15, 0.2) is 0 Å². The molecule has 1 aliphatic rings. The topological polar surface area (TPSA) is 25.4 Å². The van der Waals surface area contributed by atoms with Gasteiger partial charge in [-0.25, -0.2) is 4.98 Å².